The number of rotatable bonds is 0. The molecule has 0 saturated carbocycles. The smallest absolute Gasteiger partial charge is 0.253 e. The number of hydrogen-bond acceptors (Lipinski definition) is 6. The molecule has 3 saturated heterocycles. The Morgan fingerprint density at radius 2 is 1.06 bits per heavy atom. The maximum atomic E-state index is 10.3. The molecule has 3 fully saturated rings. The molecule has 0 radical (unpaired) electrons. The maximum Gasteiger partial charge on any atom is 0.253 e. The highest BCUT2D eigenvalue weighted by atomic mass is 16.8. The minimum absolute atomic E-state index is 0.328. The maximum absolute atomic E-state index is 10.3. The summed E-state index contributed by atoms with van der Waals surface area (Å²) in [6.45, 7) is 1.60. The number of aliphatic hydroxyl groups excluding tert-OH is 2. The first kappa shape index (κ1) is 12.8. The Morgan fingerprint density at radius 1 is 0.667 bits per heavy atom. The average molecular weight is 260 g/mol. The van der Waals surface area contributed by atoms with Crippen LogP contribution in [0.5, 0.6) is 0 Å². The van der Waals surface area contributed by atoms with Crippen molar-refractivity contribution in [2.45, 2.75) is 49.5 Å². The van der Waals surface area contributed by atoms with Gasteiger partial charge in [0.15, 0.2) is 0 Å². The lowest BCUT2D eigenvalue weighted by Crippen LogP contribution is -2.75. The number of aliphatic hydroxyl groups is 2. The van der Waals surface area contributed by atoms with Crippen LogP contribution < -0.4 is 0 Å². The van der Waals surface area contributed by atoms with E-state index in [1.807, 2.05) is 0 Å². The van der Waals surface area contributed by atoms with Crippen LogP contribution in [0.4, 0.5) is 0 Å². The van der Waals surface area contributed by atoms with Crippen molar-refractivity contribution < 1.29 is 29.2 Å². The van der Waals surface area contributed by atoms with E-state index in [0.29, 0.717) is 39.3 Å². The van der Waals surface area contributed by atoms with Crippen LogP contribution in [0.2, 0.25) is 0 Å². The number of fused-ring (bicyclic) bond motifs is 1. The first-order valence-corrected chi connectivity index (χ1v) is 6.63. The third-order valence-corrected chi connectivity index (χ3v) is 3.96. The molecule has 0 amide bonds. The van der Waals surface area contributed by atoms with E-state index in [1.165, 1.54) is 0 Å². The van der Waals surface area contributed by atoms with Crippen LogP contribution in [0.3, 0.4) is 0 Å². The summed E-state index contributed by atoms with van der Waals surface area (Å²) in [5.41, 5.74) is 0. The molecule has 3 heterocycles. The van der Waals surface area contributed by atoms with Crippen molar-refractivity contribution in [1.29, 1.82) is 0 Å². The highest BCUT2D eigenvalue weighted by Gasteiger charge is 2.67. The molecule has 0 aliphatic carbocycles. The fraction of sp³-hybridized carbons (Fsp3) is 1.00. The van der Waals surface area contributed by atoms with Gasteiger partial charge in [-0.3, -0.25) is 0 Å². The van der Waals surface area contributed by atoms with Gasteiger partial charge >= 0.3 is 0 Å². The standard InChI is InChI=1S/C12H20O6/c13-9-3-1-5-15-11(9)12(18-8-7-17-11)10(14)4-2-6-16-12/h9-10,13-14H,1-8H2. The van der Waals surface area contributed by atoms with Gasteiger partial charge in [0.05, 0.1) is 26.4 Å². The predicted molar refractivity (Wildman–Crippen MR) is 59.8 cm³/mol. The van der Waals surface area contributed by atoms with Crippen molar-refractivity contribution in [2.75, 3.05) is 26.4 Å². The van der Waals surface area contributed by atoms with Gasteiger partial charge in [-0.2, -0.15) is 0 Å². The first-order valence-electron chi connectivity index (χ1n) is 6.63. The predicted octanol–water partition coefficient (Wildman–Crippen LogP) is -0.232. The molecule has 6 nitrogen and oxygen atoms in total. The Morgan fingerprint density at radius 3 is 1.44 bits per heavy atom. The molecule has 0 bridgehead atoms. The summed E-state index contributed by atoms with van der Waals surface area (Å²) in [7, 11) is 0. The lowest BCUT2D eigenvalue weighted by atomic mass is 9.85. The Bertz CT molecular complexity index is 269. The molecule has 3 aliphatic rings. The highest BCUT2D eigenvalue weighted by Crippen LogP contribution is 2.46. The van der Waals surface area contributed by atoms with Crippen LogP contribution in [0.25, 0.3) is 0 Å². The molecular weight excluding hydrogens is 240 g/mol. The summed E-state index contributed by atoms with van der Waals surface area (Å²) < 4.78 is 22.8. The van der Waals surface area contributed by atoms with Crippen LogP contribution in [0.15, 0.2) is 0 Å². The first-order chi connectivity index (χ1) is 8.71. The summed E-state index contributed by atoms with van der Waals surface area (Å²) in [5.74, 6) is -2.77. The van der Waals surface area contributed by atoms with Crippen LogP contribution in [-0.4, -0.2) is 60.4 Å². The summed E-state index contributed by atoms with van der Waals surface area (Å²) in [4.78, 5) is 0. The molecule has 3 aliphatic heterocycles. The Labute approximate surface area is 106 Å². The SMILES string of the molecule is OC1CCCOC12OCCOC21OCCCC1O. The van der Waals surface area contributed by atoms with Gasteiger partial charge in [-0.15, -0.1) is 0 Å². The second-order valence-electron chi connectivity index (χ2n) is 5.04. The number of ether oxygens (including phenoxy) is 4. The van der Waals surface area contributed by atoms with E-state index in [4.69, 9.17) is 18.9 Å². The van der Waals surface area contributed by atoms with Crippen molar-refractivity contribution in [3.63, 3.8) is 0 Å². The molecule has 3 rings (SSSR count). The fourth-order valence-electron chi connectivity index (χ4n) is 3.10. The van der Waals surface area contributed by atoms with E-state index >= 15 is 0 Å². The second kappa shape index (κ2) is 4.70. The summed E-state index contributed by atoms with van der Waals surface area (Å²) in [5, 5.41) is 20.6. The van der Waals surface area contributed by atoms with Gasteiger partial charge in [0.2, 0.25) is 0 Å². The van der Waals surface area contributed by atoms with Gasteiger partial charge in [-0.25, -0.2) is 0 Å². The number of hydrogen-bond donors (Lipinski definition) is 2. The van der Waals surface area contributed by atoms with E-state index in [0.717, 1.165) is 12.8 Å². The minimum atomic E-state index is -1.39. The molecule has 104 valence electrons. The zero-order valence-electron chi connectivity index (χ0n) is 10.3. The van der Waals surface area contributed by atoms with E-state index in [1.54, 1.807) is 0 Å². The van der Waals surface area contributed by atoms with Crippen LogP contribution in [-0.2, 0) is 18.9 Å². The van der Waals surface area contributed by atoms with Crippen LogP contribution in [0.1, 0.15) is 25.7 Å². The van der Waals surface area contributed by atoms with Crippen LogP contribution in [0, 0.1) is 0 Å². The van der Waals surface area contributed by atoms with Gasteiger partial charge in [0.1, 0.15) is 12.2 Å². The van der Waals surface area contributed by atoms with E-state index < -0.39 is 23.8 Å². The fourth-order valence-corrected chi connectivity index (χ4v) is 3.10. The molecule has 0 aromatic heterocycles. The molecule has 2 spiro atoms. The average Bonchev–Trinajstić information content (AvgIpc) is 2.39. The van der Waals surface area contributed by atoms with E-state index in [9.17, 15) is 10.2 Å². The van der Waals surface area contributed by atoms with E-state index in [-0.39, 0.29) is 0 Å². The van der Waals surface area contributed by atoms with Crippen molar-refractivity contribution in [3.05, 3.63) is 0 Å². The zero-order chi connectivity index (χ0) is 12.6. The van der Waals surface area contributed by atoms with Gasteiger partial charge in [-0.1, -0.05) is 0 Å². The quantitative estimate of drug-likeness (QED) is 0.626. The Hall–Kier alpha value is -0.240. The molecular formula is C12H20O6. The molecule has 18 heavy (non-hydrogen) atoms. The third-order valence-electron chi connectivity index (χ3n) is 3.96. The third kappa shape index (κ3) is 1.64. The van der Waals surface area contributed by atoms with Crippen molar-refractivity contribution in [1.82, 2.24) is 0 Å². The Kier molecular flexibility index (Phi) is 3.34. The molecule has 0 aromatic carbocycles. The van der Waals surface area contributed by atoms with Crippen molar-refractivity contribution >= 4 is 0 Å². The van der Waals surface area contributed by atoms with E-state index in [2.05, 4.69) is 0 Å². The normalized spacial score (nSPS) is 49.7. The van der Waals surface area contributed by atoms with Gasteiger partial charge in [0, 0.05) is 0 Å². The molecule has 0 aromatic rings. The lowest BCUT2D eigenvalue weighted by molar-refractivity contribution is -0.488. The molecule has 2 N–H and O–H groups in total. The van der Waals surface area contributed by atoms with Crippen molar-refractivity contribution in [2.24, 2.45) is 0 Å². The largest absolute Gasteiger partial charge is 0.387 e. The summed E-state index contributed by atoms with van der Waals surface area (Å²) in [6.07, 6.45) is 0.942. The Balaban J connectivity index is 1.97. The van der Waals surface area contributed by atoms with Crippen LogP contribution >= 0.6 is 0 Å². The molecule has 6 heteroatoms. The topological polar surface area (TPSA) is 77.4 Å². The minimum Gasteiger partial charge on any atom is -0.387 e. The summed E-state index contributed by atoms with van der Waals surface area (Å²) in [6, 6.07) is 0. The van der Waals surface area contributed by atoms with Crippen molar-refractivity contribution in [3.8, 4) is 0 Å². The molecule has 4 atom stereocenters. The second-order valence-corrected chi connectivity index (χ2v) is 5.04. The van der Waals surface area contributed by atoms with Gasteiger partial charge < -0.3 is 29.2 Å². The van der Waals surface area contributed by atoms with Gasteiger partial charge in [-0.05, 0) is 25.7 Å². The zero-order valence-corrected chi connectivity index (χ0v) is 10.3. The summed E-state index contributed by atoms with van der Waals surface area (Å²) >= 11 is 0. The highest BCUT2D eigenvalue weighted by molar-refractivity contribution is 5.03. The van der Waals surface area contributed by atoms with Gasteiger partial charge in [0.25, 0.3) is 11.6 Å². The molecule has 4 unspecified atom stereocenters. The lowest BCUT2D eigenvalue weighted by Gasteiger charge is -2.57. The monoisotopic (exact) mass is 260 g/mol.